The van der Waals surface area contributed by atoms with E-state index in [0.717, 1.165) is 11.3 Å². The van der Waals surface area contributed by atoms with Gasteiger partial charge in [0.05, 0.1) is 25.0 Å². The molecular formula is C19H22ClN5O2. The first kappa shape index (κ1) is 17.9. The quantitative estimate of drug-likeness (QED) is 0.869. The third-order valence-electron chi connectivity index (χ3n) is 5.41. The van der Waals surface area contributed by atoms with Crippen LogP contribution in [0.4, 0.5) is 5.69 Å². The van der Waals surface area contributed by atoms with Crippen molar-refractivity contribution in [3.05, 3.63) is 47.2 Å². The maximum atomic E-state index is 13.3. The van der Waals surface area contributed by atoms with Gasteiger partial charge in [0, 0.05) is 23.8 Å². The highest BCUT2D eigenvalue weighted by atomic mass is 35.5. The van der Waals surface area contributed by atoms with Crippen molar-refractivity contribution in [2.75, 3.05) is 24.5 Å². The van der Waals surface area contributed by atoms with Gasteiger partial charge in [-0.1, -0.05) is 23.7 Å². The zero-order valence-electron chi connectivity index (χ0n) is 15.4. The second kappa shape index (κ2) is 6.56. The monoisotopic (exact) mass is 387 g/mol. The van der Waals surface area contributed by atoms with Crippen molar-refractivity contribution >= 4 is 29.1 Å². The highest BCUT2D eigenvalue weighted by Crippen LogP contribution is 2.37. The predicted octanol–water partition coefficient (Wildman–Crippen LogP) is 1.90. The lowest BCUT2D eigenvalue weighted by Crippen LogP contribution is -2.81. The normalized spacial score (nSPS) is 19.2. The van der Waals surface area contributed by atoms with Crippen LogP contribution in [0.5, 0.6) is 0 Å². The third-order valence-corrected chi connectivity index (χ3v) is 5.67. The van der Waals surface area contributed by atoms with Crippen molar-refractivity contribution in [1.29, 1.82) is 0 Å². The second-order valence-corrected chi connectivity index (χ2v) is 7.91. The Morgan fingerprint density at radius 2 is 1.93 bits per heavy atom. The zero-order chi connectivity index (χ0) is 19.2. The number of halogens is 1. The molecule has 2 aliphatic rings. The van der Waals surface area contributed by atoms with E-state index in [4.69, 9.17) is 11.6 Å². The number of hydrogen-bond acceptors (Lipinski definition) is 4. The fourth-order valence-electron chi connectivity index (χ4n) is 3.84. The molecule has 2 saturated heterocycles. The van der Waals surface area contributed by atoms with Gasteiger partial charge < -0.3 is 14.7 Å². The van der Waals surface area contributed by atoms with Gasteiger partial charge in [-0.25, -0.2) is 0 Å². The molecule has 0 atom stereocenters. The number of nitrogens with one attached hydrogen (secondary N) is 1. The largest absolute Gasteiger partial charge is 0.363 e. The summed E-state index contributed by atoms with van der Waals surface area (Å²) in [5, 5.41) is 7.42. The topological polar surface area (TPSA) is 72.5 Å². The molecule has 27 heavy (non-hydrogen) atoms. The predicted molar refractivity (Wildman–Crippen MR) is 102 cm³/mol. The van der Waals surface area contributed by atoms with Crippen LogP contribution in [-0.2, 0) is 16.1 Å². The minimum absolute atomic E-state index is 0.0148. The summed E-state index contributed by atoms with van der Waals surface area (Å²) >= 11 is 5.97. The molecule has 3 heterocycles. The van der Waals surface area contributed by atoms with Gasteiger partial charge >= 0.3 is 0 Å². The Bertz CT molecular complexity index is 843. The van der Waals surface area contributed by atoms with Crippen molar-refractivity contribution in [1.82, 2.24) is 20.0 Å². The molecule has 1 spiro atoms. The number of hydrogen-bond donors (Lipinski definition) is 1. The van der Waals surface area contributed by atoms with E-state index in [1.165, 1.54) is 0 Å². The molecule has 0 radical (unpaired) electrons. The van der Waals surface area contributed by atoms with Crippen LogP contribution in [0, 0.1) is 0 Å². The molecule has 8 heteroatoms. The summed E-state index contributed by atoms with van der Waals surface area (Å²) < 4.78 is 0. The molecule has 1 aromatic heterocycles. The number of aromatic nitrogens is 2. The van der Waals surface area contributed by atoms with Crippen molar-refractivity contribution in [2.24, 2.45) is 0 Å². The number of anilines is 1. The molecule has 0 bridgehead atoms. The number of benzene rings is 1. The summed E-state index contributed by atoms with van der Waals surface area (Å²) in [6.45, 7) is 5.34. The van der Waals surface area contributed by atoms with Crippen LogP contribution in [0.15, 0.2) is 36.7 Å². The highest BCUT2D eigenvalue weighted by molar-refractivity contribution is 6.30. The molecule has 2 amide bonds. The maximum Gasteiger partial charge on any atom is 0.252 e. The lowest BCUT2D eigenvalue weighted by molar-refractivity contribution is -0.170. The average Bonchev–Trinajstić information content (AvgIpc) is 3.12. The van der Waals surface area contributed by atoms with E-state index in [9.17, 15) is 9.59 Å². The summed E-state index contributed by atoms with van der Waals surface area (Å²) in [5.41, 5.74) is 1.05. The molecule has 1 aromatic carbocycles. The molecule has 0 saturated carbocycles. The number of amides is 2. The standard InChI is InChI=1S/C19H22ClN5O2/c1-13(2)24-10-17(26)25(9-14-3-5-15(20)6-4-14)19(18(24)27)11-23(12-19)16-7-21-22-8-16/h3-8,13H,9-12H2,1-2H3,(H,21,22). The Morgan fingerprint density at radius 3 is 2.52 bits per heavy atom. The minimum Gasteiger partial charge on any atom is -0.363 e. The van der Waals surface area contributed by atoms with Crippen LogP contribution < -0.4 is 4.90 Å². The van der Waals surface area contributed by atoms with Gasteiger partial charge in [0.25, 0.3) is 5.91 Å². The van der Waals surface area contributed by atoms with Crippen molar-refractivity contribution in [3.63, 3.8) is 0 Å². The van der Waals surface area contributed by atoms with Crippen LogP contribution in [0.25, 0.3) is 0 Å². The van der Waals surface area contributed by atoms with E-state index < -0.39 is 5.54 Å². The van der Waals surface area contributed by atoms with Gasteiger partial charge in [-0.2, -0.15) is 5.10 Å². The summed E-state index contributed by atoms with van der Waals surface area (Å²) in [6, 6.07) is 7.39. The number of H-pyrrole nitrogens is 1. The number of aromatic amines is 1. The molecule has 7 nitrogen and oxygen atoms in total. The van der Waals surface area contributed by atoms with Crippen LogP contribution >= 0.6 is 11.6 Å². The van der Waals surface area contributed by atoms with Gasteiger partial charge in [0.2, 0.25) is 5.91 Å². The first-order chi connectivity index (χ1) is 12.9. The van der Waals surface area contributed by atoms with E-state index in [0.29, 0.717) is 24.7 Å². The first-order valence-electron chi connectivity index (χ1n) is 9.00. The van der Waals surface area contributed by atoms with E-state index in [2.05, 4.69) is 15.1 Å². The van der Waals surface area contributed by atoms with Gasteiger partial charge in [-0.3, -0.25) is 14.7 Å². The zero-order valence-corrected chi connectivity index (χ0v) is 16.1. The van der Waals surface area contributed by atoms with Gasteiger partial charge in [-0.05, 0) is 31.5 Å². The fourth-order valence-corrected chi connectivity index (χ4v) is 3.97. The van der Waals surface area contributed by atoms with Crippen LogP contribution in [0.1, 0.15) is 19.4 Å². The first-order valence-corrected chi connectivity index (χ1v) is 9.38. The molecule has 0 aliphatic carbocycles. The number of carbonyl (C=O) groups is 2. The molecule has 4 rings (SSSR count). The summed E-state index contributed by atoms with van der Waals surface area (Å²) in [4.78, 5) is 31.8. The molecule has 2 fully saturated rings. The molecule has 2 aromatic rings. The van der Waals surface area contributed by atoms with Crippen LogP contribution in [0.2, 0.25) is 5.02 Å². The van der Waals surface area contributed by atoms with E-state index in [-0.39, 0.29) is 24.4 Å². The van der Waals surface area contributed by atoms with Crippen molar-refractivity contribution in [2.45, 2.75) is 32.0 Å². The Morgan fingerprint density at radius 1 is 1.22 bits per heavy atom. The molecule has 142 valence electrons. The van der Waals surface area contributed by atoms with E-state index >= 15 is 0 Å². The van der Waals surface area contributed by atoms with E-state index in [1.807, 2.05) is 26.0 Å². The summed E-state index contributed by atoms with van der Waals surface area (Å²) in [7, 11) is 0. The lowest BCUT2D eigenvalue weighted by atomic mass is 9.82. The Kier molecular flexibility index (Phi) is 4.34. The number of rotatable bonds is 4. The van der Waals surface area contributed by atoms with Gasteiger partial charge in [-0.15, -0.1) is 0 Å². The summed E-state index contributed by atoms with van der Waals surface area (Å²) in [5.74, 6) is -0.00379. The van der Waals surface area contributed by atoms with Crippen molar-refractivity contribution < 1.29 is 9.59 Å². The molecule has 1 N–H and O–H groups in total. The highest BCUT2D eigenvalue weighted by Gasteiger charge is 2.60. The number of piperazine rings is 1. The smallest absolute Gasteiger partial charge is 0.252 e. The second-order valence-electron chi connectivity index (χ2n) is 7.48. The molecule has 2 aliphatic heterocycles. The van der Waals surface area contributed by atoms with Gasteiger partial charge in [0.15, 0.2) is 5.54 Å². The van der Waals surface area contributed by atoms with Crippen LogP contribution in [0.3, 0.4) is 0 Å². The Labute approximate surface area is 162 Å². The summed E-state index contributed by atoms with van der Waals surface area (Å²) in [6.07, 6.45) is 3.53. The minimum atomic E-state index is -0.837. The third kappa shape index (κ3) is 2.96. The SMILES string of the molecule is CC(C)N1CC(=O)N(Cc2ccc(Cl)cc2)C2(CN(c3cn[nH]c3)C2)C1=O. The lowest BCUT2D eigenvalue weighted by Gasteiger charge is -2.59. The van der Waals surface area contributed by atoms with Crippen molar-refractivity contribution in [3.8, 4) is 0 Å². The fraction of sp³-hybridized carbons (Fsp3) is 0.421. The van der Waals surface area contributed by atoms with Gasteiger partial charge in [0.1, 0.15) is 6.54 Å². The maximum absolute atomic E-state index is 13.3. The average molecular weight is 388 g/mol. The number of nitrogens with zero attached hydrogens (tertiary/aromatic N) is 4. The Hall–Kier alpha value is -2.54. The van der Waals surface area contributed by atoms with Crippen LogP contribution in [-0.4, -0.2) is 63.0 Å². The molecular weight excluding hydrogens is 366 g/mol. The Balaban J connectivity index is 1.64. The number of carbonyl (C=O) groups excluding carboxylic acids is 2. The van der Waals surface area contributed by atoms with E-state index in [1.54, 1.807) is 34.3 Å². The molecule has 0 unspecified atom stereocenters.